The number of nitrogens with one attached hydrogen (secondary N) is 1. The Balaban J connectivity index is 1.58. The number of halogens is 1. The van der Waals surface area contributed by atoms with Gasteiger partial charge in [0.1, 0.15) is 11.9 Å². The van der Waals surface area contributed by atoms with Gasteiger partial charge in [0.05, 0.1) is 10.6 Å². The number of hydrogen-bond donors (Lipinski definition) is 1. The number of benzene rings is 2. The Hall–Kier alpha value is -2.04. The van der Waals surface area contributed by atoms with Crippen molar-refractivity contribution in [1.29, 1.82) is 0 Å². The maximum atomic E-state index is 12.2. The molecule has 24 heavy (non-hydrogen) atoms. The van der Waals surface area contributed by atoms with E-state index in [2.05, 4.69) is 17.3 Å². The van der Waals surface area contributed by atoms with Crippen LogP contribution in [0.2, 0.25) is 5.02 Å². The molecule has 1 N–H and O–H groups in total. The molecule has 0 spiro atoms. The molecule has 0 bridgehead atoms. The largest absolute Gasteiger partial charge is 0.490 e. The van der Waals surface area contributed by atoms with Gasteiger partial charge in [-0.05, 0) is 56.3 Å². The van der Waals surface area contributed by atoms with Crippen LogP contribution in [0, 0.1) is 0 Å². The highest BCUT2D eigenvalue weighted by molar-refractivity contribution is 6.34. The van der Waals surface area contributed by atoms with E-state index >= 15 is 0 Å². The van der Waals surface area contributed by atoms with Crippen molar-refractivity contribution in [2.24, 2.45) is 0 Å². The summed E-state index contributed by atoms with van der Waals surface area (Å²) in [5.74, 6) is 0.616. The molecular weight excluding hydrogens is 324 g/mol. The first kappa shape index (κ1) is 16.8. The first-order chi connectivity index (χ1) is 11.6. The topological polar surface area (TPSA) is 41.6 Å². The van der Waals surface area contributed by atoms with E-state index in [9.17, 15) is 4.79 Å². The highest BCUT2D eigenvalue weighted by Gasteiger charge is 2.18. The van der Waals surface area contributed by atoms with Crippen LogP contribution in [0.15, 0.2) is 48.5 Å². The molecule has 0 aliphatic carbocycles. The van der Waals surface area contributed by atoms with Gasteiger partial charge in [0.25, 0.3) is 5.91 Å². The minimum Gasteiger partial charge on any atom is -0.490 e. The van der Waals surface area contributed by atoms with Crippen molar-refractivity contribution in [3.8, 4) is 5.75 Å². The van der Waals surface area contributed by atoms with Crippen LogP contribution in [-0.2, 0) is 0 Å². The maximum Gasteiger partial charge on any atom is 0.257 e. The molecule has 5 heteroatoms. The molecule has 0 unspecified atom stereocenters. The highest BCUT2D eigenvalue weighted by atomic mass is 35.5. The molecule has 126 valence electrons. The second kappa shape index (κ2) is 7.69. The molecule has 1 heterocycles. The van der Waals surface area contributed by atoms with Crippen molar-refractivity contribution in [2.45, 2.75) is 18.9 Å². The summed E-state index contributed by atoms with van der Waals surface area (Å²) in [5.41, 5.74) is 1.18. The van der Waals surface area contributed by atoms with Crippen LogP contribution in [0.4, 0.5) is 5.69 Å². The Morgan fingerprint density at radius 3 is 2.46 bits per heavy atom. The second-order valence-corrected chi connectivity index (χ2v) is 6.49. The van der Waals surface area contributed by atoms with E-state index in [1.165, 1.54) is 0 Å². The summed E-state index contributed by atoms with van der Waals surface area (Å²) in [5, 5.41) is 3.29. The standard InChI is InChI=1S/C19H21ClN2O2/c1-22-12-10-16(11-13-22)24-15-8-6-14(7-9-15)21-19(23)17-4-2-3-5-18(17)20/h2-9,16H,10-13H2,1H3,(H,21,23). The number of carbonyl (C=O) groups is 1. The van der Waals surface area contributed by atoms with Gasteiger partial charge in [0, 0.05) is 18.8 Å². The summed E-state index contributed by atoms with van der Waals surface area (Å²) < 4.78 is 6.01. The average molecular weight is 345 g/mol. The van der Waals surface area contributed by atoms with Crippen molar-refractivity contribution in [3.05, 3.63) is 59.1 Å². The van der Waals surface area contributed by atoms with Crippen LogP contribution in [-0.4, -0.2) is 37.0 Å². The minimum atomic E-state index is -0.218. The number of amides is 1. The highest BCUT2D eigenvalue weighted by Crippen LogP contribution is 2.22. The normalized spacial score (nSPS) is 15.9. The van der Waals surface area contributed by atoms with Gasteiger partial charge in [0.2, 0.25) is 0 Å². The van der Waals surface area contributed by atoms with E-state index in [0.717, 1.165) is 37.4 Å². The van der Waals surface area contributed by atoms with Crippen molar-refractivity contribution in [1.82, 2.24) is 4.90 Å². The summed E-state index contributed by atoms with van der Waals surface area (Å²) in [6.45, 7) is 2.13. The smallest absolute Gasteiger partial charge is 0.257 e. The zero-order valence-electron chi connectivity index (χ0n) is 13.7. The fourth-order valence-corrected chi connectivity index (χ4v) is 2.98. The summed E-state index contributed by atoms with van der Waals surface area (Å²) in [4.78, 5) is 14.5. The van der Waals surface area contributed by atoms with E-state index in [1.807, 2.05) is 24.3 Å². The molecule has 0 aromatic heterocycles. The lowest BCUT2D eigenvalue weighted by Crippen LogP contribution is -2.35. The van der Waals surface area contributed by atoms with Gasteiger partial charge in [-0.2, -0.15) is 0 Å². The predicted molar refractivity (Wildman–Crippen MR) is 97.0 cm³/mol. The average Bonchev–Trinajstić information content (AvgIpc) is 2.59. The summed E-state index contributed by atoms with van der Waals surface area (Å²) in [7, 11) is 2.13. The quantitative estimate of drug-likeness (QED) is 0.909. The predicted octanol–water partition coefficient (Wildman–Crippen LogP) is 4.07. The SMILES string of the molecule is CN1CCC(Oc2ccc(NC(=O)c3ccccc3Cl)cc2)CC1. The van der Waals surface area contributed by atoms with Crippen molar-refractivity contribution >= 4 is 23.2 Å². The molecule has 0 radical (unpaired) electrons. The van der Waals surface area contributed by atoms with Gasteiger partial charge in [-0.25, -0.2) is 0 Å². The molecule has 3 rings (SSSR count). The number of carbonyl (C=O) groups excluding carboxylic acids is 1. The van der Waals surface area contributed by atoms with Gasteiger partial charge in [-0.1, -0.05) is 23.7 Å². The first-order valence-electron chi connectivity index (χ1n) is 8.13. The van der Waals surface area contributed by atoms with Crippen LogP contribution < -0.4 is 10.1 Å². The number of likely N-dealkylation sites (tertiary alicyclic amines) is 1. The molecule has 2 aromatic rings. The third kappa shape index (κ3) is 4.28. The van der Waals surface area contributed by atoms with E-state index in [1.54, 1.807) is 24.3 Å². The Morgan fingerprint density at radius 1 is 1.12 bits per heavy atom. The molecule has 0 saturated carbocycles. The number of nitrogens with zero attached hydrogens (tertiary/aromatic N) is 1. The Kier molecular flexibility index (Phi) is 5.38. The lowest BCUT2D eigenvalue weighted by Gasteiger charge is -2.29. The fourth-order valence-electron chi connectivity index (χ4n) is 2.76. The Labute approximate surface area is 147 Å². The second-order valence-electron chi connectivity index (χ2n) is 6.08. The van der Waals surface area contributed by atoms with Crippen molar-refractivity contribution in [3.63, 3.8) is 0 Å². The molecular formula is C19H21ClN2O2. The lowest BCUT2D eigenvalue weighted by molar-refractivity contribution is 0.102. The van der Waals surface area contributed by atoms with Crippen LogP contribution in [0.5, 0.6) is 5.75 Å². The van der Waals surface area contributed by atoms with E-state index in [0.29, 0.717) is 10.6 Å². The molecule has 1 amide bonds. The number of piperidine rings is 1. The molecule has 1 fully saturated rings. The third-order valence-electron chi connectivity index (χ3n) is 4.20. The van der Waals surface area contributed by atoms with Crippen molar-refractivity contribution in [2.75, 3.05) is 25.5 Å². The monoisotopic (exact) mass is 344 g/mol. The zero-order valence-corrected chi connectivity index (χ0v) is 14.4. The van der Waals surface area contributed by atoms with Crippen LogP contribution in [0.1, 0.15) is 23.2 Å². The molecule has 1 saturated heterocycles. The zero-order chi connectivity index (χ0) is 16.9. The van der Waals surface area contributed by atoms with Crippen LogP contribution in [0.3, 0.4) is 0 Å². The van der Waals surface area contributed by atoms with E-state index in [-0.39, 0.29) is 12.0 Å². The van der Waals surface area contributed by atoms with Crippen LogP contribution >= 0.6 is 11.6 Å². The van der Waals surface area contributed by atoms with Crippen LogP contribution in [0.25, 0.3) is 0 Å². The molecule has 4 nitrogen and oxygen atoms in total. The summed E-state index contributed by atoms with van der Waals surface area (Å²) in [6, 6.07) is 14.5. The lowest BCUT2D eigenvalue weighted by atomic mass is 10.1. The van der Waals surface area contributed by atoms with Gasteiger partial charge in [-0.3, -0.25) is 4.79 Å². The number of hydrogen-bond acceptors (Lipinski definition) is 3. The Bertz CT molecular complexity index is 695. The fraction of sp³-hybridized carbons (Fsp3) is 0.316. The molecule has 0 atom stereocenters. The Morgan fingerprint density at radius 2 is 1.79 bits per heavy atom. The first-order valence-corrected chi connectivity index (χ1v) is 8.51. The van der Waals surface area contributed by atoms with Gasteiger partial charge in [-0.15, -0.1) is 0 Å². The van der Waals surface area contributed by atoms with Gasteiger partial charge in [0.15, 0.2) is 0 Å². The summed E-state index contributed by atoms with van der Waals surface area (Å²) in [6.07, 6.45) is 2.35. The molecule has 1 aliphatic heterocycles. The molecule has 2 aromatic carbocycles. The van der Waals surface area contributed by atoms with Crippen molar-refractivity contribution < 1.29 is 9.53 Å². The van der Waals surface area contributed by atoms with E-state index in [4.69, 9.17) is 16.3 Å². The number of ether oxygens (including phenoxy) is 1. The number of rotatable bonds is 4. The minimum absolute atomic E-state index is 0.218. The maximum absolute atomic E-state index is 12.2. The summed E-state index contributed by atoms with van der Waals surface area (Å²) >= 11 is 6.05. The van der Waals surface area contributed by atoms with E-state index < -0.39 is 0 Å². The van der Waals surface area contributed by atoms with Gasteiger partial charge < -0.3 is 15.0 Å². The molecule has 1 aliphatic rings. The van der Waals surface area contributed by atoms with Gasteiger partial charge >= 0.3 is 0 Å². The third-order valence-corrected chi connectivity index (χ3v) is 4.53. The number of anilines is 1.